The van der Waals surface area contributed by atoms with Crippen LogP contribution in [-0.2, 0) is 4.79 Å². The molecule has 0 aromatic carbocycles. The minimum absolute atomic E-state index is 0.499. The Bertz CT molecular complexity index is 500. The van der Waals surface area contributed by atoms with Crippen molar-refractivity contribution >= 4 is 23.1 Å². The summed E-state index contributed by atoms with van der Waals surface area (Å²) in [5, 5.41) is 0. The highest BCUT2D eigenvalue weighted by Gasteiger charge is 1.97. The fourth-order valence-electron chi connectivity index (χ4n) is 1.09. The second-order valence-electron chi connectivity index (χ2n) is 2.74. The highest BCUT2D eigenvalue weighted by Crippen LogP contribution is 2.07. The first-order valence-electron chi connectivity index (χ1n) is 4.03. The standard InChI is InChI=1S/C9H8N4O/c10-8(14)2-1-6-5-12-9-7(13-6)3-4-11-9/h1-5H,(H2,10,14)(H,11,12). The molecule has 0 aliphatic carbocycles. The smallest absolute Gasteiger partial charge is 0.241 e. The molecule has 0 aliphatic heterocycles. The summed E-state index contributed by atoms with van der Waals surface area (Å²) >= 11 is 0. The van der Waals surface area contributed by atoms with Gasteiger partial charge in [0.05, 0.1) is 11.9 Å². The number of carbonyl (C=O) groups excluding carboxylic acids is 1. The SMILES string of the molecule is NC(=O)C=Cc1cnc2[nH]ccc2n1. The molecule has 0 radical (unpaired) electrons. The van der Waals surface area contributed by atoms with Gasteiger partial charge in [-0.15, -0.1) is 0 Å². The van der Waals surface area contributed by atoms with Gasteiger partial charge < -0.3 is 10.7 Å². The van der Waals surface area contributed by atoms with E-state index in [1.54, 1.807) is 12.4 Å². The molecular formula is C9H8N4O. The Labute approximate surface area is 79.7 Å². The molecule has 2 aromatic rings. The third-order valence-corrected chi connectivity index (χ3v) is 1.70. The van der Waals surface area contributed by atoms with Gasteiger partial charge in [-0.05, 0) is 12.1 Å². The number of primary amides is 1. The summed E-state index contributed by atoms with van der Waals surface area (Å²) < 4.78 is 0. The van der Waals surface area contributed by atoms with Crippen molar-refractivity contribution in [1.82, 2.24) is 15.0 Å². The van der Waals surface area contributed by atoms with Gasteiger partial charge in [0.15, 0.2) is 5.65 Å². The fraction of sp³-hybridized carbons (Fsp3) is 0. The molecule has 0 bridgehead atoms. The Morgan fingerprint density at radius 2 is 2.43 bits per heavy atom. The number of nitrogens with zero attached hydrogens (tertiary/aromatic N) is 2. The van der Waals surface area contributed by atoms with Crippen molar-refractivity contribution in [2.75, 3.05) is 0 Å². The van der Waals surface area contributed by atoms with E-state index in [9.17, 15) is 4.79 Å². The van der Waals surface area contributed by atoms with E-state index in [4.69, 9.17) is 5.73 Å². The van der Waals surface area contributed by atoms with E-state index in [0.717, 1.165) is 11.2 Å². The molecule has 0 saturated carbocycles. The molecule has 0 unspecified atom stereocenters. The quantitative estimate of drug-likeness (QED) is 0.671. The normalized spacial score (nSPS) is 11.1. The lowest BCUT2D eigenvalue weighted by Gasteiger charge is -1.91. The highest BCUT2D eigenvalue weighted by atomic mass is 16.1. The maximum atomic E-state index is 10.5. The van der Waals surface area contributed by atoms with E-state index in [1.807, 2.05) is 6.07 Å². The third kappa shape index (κ3) is 1.61. The summed E-state index contributed by atoms with van der Waals surface area (Å²) in [6.07, 6.45) is 6.11. The summed E-state index contributed by atoms with van der Waals surface area (Å²) in [6.45, 7) is 0. The zero-order valence-electron chi connectivity index (χ0n) is 7.27. The number of hydrogen-bond donors (Lipinski definition) is 2. The van der Waals surface area contributed by atoms with Gasteiger partial charge in [-0.1, -0.05) is 0 Å². The van der Waals surface area contributed by atoms with Crippen LogP contribution in [0.5, 0.6) is 0 Å². The Kier molecular flexibility index (Phi) is 1.98. The van der Waals surface area contributed by atoms with Crippen LogP contribution < -0.4 is 5.73 Å². The number of aromatic amines is 1. The number of fused-ring (bicyclic) bond motifs is 1. The number of nitrogens with two attached hydrogens (primary N) is 1. The van der Waals surface area contributed by atoms with E-state index < -0.39 is 5.91 Å². The summed E-state index contributed by atoms with van der Waals surface area (Å²) in [7, 11) is 0. The van der Waals surface area contributed by atoms with Gasteiger partial charge in [0.1, 0.15) is 5.52 Å². The molecular weight excluding hydrogens is 180 g/mol. The van der Waals surface area contributed by atoms with Crippen LogP contribution >= 0.6 is 0 Å². The molecule has 5 heteroatoms. The lowest BCUT2D eigenvalue weighted by Crippen LogP contribution is -2.05. The first kappa shape index (κ1) is 8.43. The van der Waals surface area contributed by atoms with Crippen molar-refractivity contribution in [3.63, 3.8) is 0 Å². The van der Waals surface area contributed by atoms with Crippen LogP contribution in [-0.4, -0.2) is 20.9 Å². The topological polar surface area (TPSA) is 84.7 Å². The van der Waals surface area contributed by atoms with Gasteiger partial charge in [-0.25, -0.2) is 9.97 Å². The number of H-pyrrole nitrogens is 1. The molecule has 0 atom stereocenters. The number of hydrogen-bond acceptors (Lipinski definition) is 3. The molecule has 0 aliphatic rings. The zero-order valence-corrected chi connectivity index (χ0v) is 7.27. The van der Waals surface area contributed by atoms with E-state index >= 15 is 0 Å². The molecule has 0 spiro atoms. The van der Waals surface area contributed by atoms with Crippen LogP contribution in [0.3, 0.4) is 0 Å². The van der Waals surface area contributed by atoms with Crippen molar-refractivity contribution in [2.45, 2.75) is 0 Å². The number of amides is 1. The third-order valence-electron chi connectivity index (χ3n) is 1.70. The van der Waals surface area contributed by atoms with Crippen LogP contribution in [0.25, 0.3) is 17.2 Å². The van der Waals surface area contributed by atoms with Crippen molar-refractivity contribution in [3.05, 3.63) is 30.2 Å². The molecule has 14 heavy (non-hydrogen) atoms. The minimum atomic E-state index is -0.499. The van der Waals surface area contributed by atoms with Crippen LogP contribution in [0.4, 0.5) is 0 Å². The Morgan fingerprint density at radius 1 is 1.57 bits per heavy atom. The van der Waals surface area contributed by atoms with Crippen molar-refractivity contribution < 1.29 is 4.79 Å². The lowest BCUT2D eigenvalue weighted by molar-refractivity contribution is -0.113. The van der Waals surface area contributed by atoms with Crippen molar-refractivity contribution in [2.24, 2.45) is 5.73 Å². The first-order valence-corrected chi connectivity index (χ1v) is 4.03. The van der Waals surface area contributed by atoms with Crippen LogP contribution in [0, 0.1) is 0 Å². The largest absolute Gasteiger partial charge is 0.366 e. The lowest BCUT2D eigenvalue weighted by atomic mass is 10.3. The van der Waals surface area contributed by atoms with Crippen LogP contribution in [0.2, 0.25) is 0 Å². The predicted molar refractivity (Wildman–Crippen MR) is 52.1 cm³/mol. The summed E-state index contributed by atoms with van der Waals surface area (Å²) in [5.74, 6) is -0.499. The molecule has 3 N–H and O–H groups in total. The summed E-state index contributed by atoms with van der Waals surface area (Å²) in [6, 6.07) is 1.81. The fourth-order valence-corrected chi connectivity index (χ4v) is 1.09. The molecule has 1 amide bonds. The second kappa shape index (κ2) is 3.29. The molecule has 0 saturated heterocycles. The van der Waals surface area contributed by atoms with Gasteiger partial charge >= 0.3 is 0 Å². The number of nitrogens with one attached hydrogen (secondary N) is 1. The molecule has 2 heterocycles. The predicted octanol–water partition coefficient (Wildman–Crippen LogP) is 0.456. The van der Waals surface area contributed by atoms with Crippen LogP contribution in [0.15, 0.2) is 24.5 Å². The highest BCUT2D eigenvalue weighted by molar-refractivity contribution is 5.90. The van der Waals surface area contributed by atoms with E-state index in [-0.39, 0.29) is 0 Å². The first-order chi connectivity index (χ1) is 6.75. The van der Waals surface area contributed by atoms with Crippen molar-refractivity contribution in [3.8, 4) is 0 Å². The maximum absolute atomic E-state index is 10.5. The zero-order chi connectivity index (χ0) is 9.97. The molecule has 2 rings (SSSR count). The molecule has 5 nitrogen and oxygen atoms in total. The Balaban J connectivity index is 2.39. The van der Waals surface area contributed by atoms with Gasteiger partial charge in [-0.2, -0.15) is 0 Å². The van der Waals surface area contributed by atoms with E-state index in [2.05, 4.69) is 15.0 Å². The Hall–Kier alpha value is -2.17. The summed E-state index contributed by atoms with van der Waals surface area (Å²) in [4.78, 5) is 21.7. The monoisotopic (exact) mass is 188 g/mol. The van der Waals surface area contributed by atoms with Gasteiger partial charge in [0.2, 0.25) is 5.91 Å². The van der Waals surface area contributed by atoms with Gasteiger partial charge in [-0.3, -0.25) is 4.79 Å². The average Bonchev–Trinajstić information content (AvgIpc) is 2.61. The van der Waals surface area contributed by atoms with Crippen LogP contribution in [0.1, 0.15) is 5.69 Å². The Morgan fingerprint density at radius 3 is 3.21 bits per heavy atom. The van der Waals surface area contributed by atoms with E-state index in [1.165, 1.54) is 12.2 Å². The average molecular weight is 188 g/mol. The molecule has 0 fully saturated rings. The summed E-state index contributed by atoms with van der Waals surface area (Å²) in [5.41, 5.74) is 7.04. The van der Waals surface area contributed by atoms with Crippen molar-refractivity contribution in [1.29, 1.82) is 0 Å². The second-order valence-corrected chi connectivity index (χ2v) is 2.74. The molecule has 70 valence electrons. The van der Waals surface area contributed by atoms with E-state index in [0.29, 0.717) is 5.69 Å². The molecule has 2 aromatic heterocycles. The number of rotatable bonds is 2. The van der Waals surface area contributed by atoms with Gasteiger partial charge in [0.25, 0.3) is 0 Å². The number of carbonyl (C=O) groups is 1. The van der Waals surface area contributed by atoms with Gasteiger partial charge in [0, 0.05) is 12.3 Å². The minimum Gasteiger partial charge on any atom is -0.366 e. The number of aromatic nitrogens is 3. The maximum Gasteiger partial charge on any atom is 0.241 e.